The van der Waals surface area contributed by atoms with E-state index in [0.717, 1.165) is 24.4 Å². The van der Waals surface area contributed by atoms with Crippen molar-refractivity contribution in [3.05, 3.63) is 48.4 Å². The molecule has 112 valence electrons. The van der Waals surface area contributed by atoms with Crippen molar-refractivity contribution in [1.82, 2.24) is 4.98 Å². The maximum absolute atomic E-state index is 13.4. The Kier molecular flexibility index (Phi) is 3.92. The van der Waals surface area contributed by atoms with Crippen LogP contribution in [0.15, 0.2) is 52.5 Å². The minimum atomic E-state index is -5.14. The van der Waals surface area contributed by atoms with Gasteiger partial charge in [-0.3, -0.25) is 4.72 Å². The predicted molar refractivity (Wildman–Crippen MR) is 69.7 cm³/mol. The zero-order valence-electron chi connectivity index (χ0n) is 10.2. The molecule has 0 radical (unpaired) electrons. The normalized spacial score (nSPS) is 12.1. The zero-order chi connectivity index (χ0) is 15.7. The quantitative estimate of drug-likeness (QED) is 0.859. The fourth-order valence-electron chi connectivity index (χ4n) is 1.53. The number of hydrogen-bond acceptors (Lipinski definition) is 5. The van der Waals surface area contributed by atoms with Gasteiger partial charge < -0.3 is 0 Å². The highest BCUT2D eigenvalue weighted by Gasteiger charge is 2.24. The Bertz CT molecular complexity index is 883. The van der Waals surface area contributed by atoms with Crippen molar-refractivity contribution in [2.45, 2.75) is 9.92 Å². The summed E-state index contributed by atoms with van der Waals surface area (Å²) in [5.74, 6) is -1.12. The Morgan fingerprint density at radius 3 is 2.29 bits per heavy atom. The maximum Gasteiger partial charge on any atom is 0.334 e. The first-order valence-electron chi connectivity index (χ1n) is 5.39. The second-order valence-corrected chi connectivity index (χ2v) is 6.74. The minimum absolute atomic E-state index is 0.537. The summed E-state index contributed by atoms with van der Waals surface area (Å²) in [6, 6.07) is 6.48. The lowest BCUT2D eigenvalue weighted by Crippen LogP contribution is -2.17. The fraction of sp³-hybridized carbons (Fsp3) is 0. The van der Waals surface area contributed by atoms with Crippen LogP contribution in [0.1, 0.15) is 0 Å². The van der Waals surface area contributed by atoms with Crippen LogP contribution >= 0.6 is 0 Å². The van der Waals surface area contributed by atoms with Crippen LogP contribution in [0.5, 0.6) is 0 Å². The van der Waals surface area contributed by atoms with Crippen LogP contribution in [0, 0.1) is 5.82 Å². The molecule has 1 aromatic heterocycles. The Hall–Kier alpha value is -2.07. The molecule has 10 heteroatoms. The lowest BCUT2D eigenvalue weighted by atomic mass is 10.3. The van der Waals surface area contributed by atoms with Crippen molar-refractivity contribution in [3.63, 3.8) is 0 Å². The fourth-order valence-corrected chi connectivity index (χ4v) is 3.30. The van der Waals surface area contributed by atoms with Crippen LogP contribution in [-0.2, 0) is 20.2 Å². The summed E-state index contributed by atoms with van der Waals surface area (Å²) in [5.41, 5.74) is -0.537. The van der Waals surface area contributed by atoms with E-state index in [1.807, 2.05) is 0 Å². The topological polar surface area (TPSA) is 93.2 Å². The van der Waals surface area contributed by atoms with Gasteiger partial charge in [-0.15, -0.1) is 3.89 Å². The van der Waals surface area contributed by atoms with E-state index < -0.39 is 41.7 Å². The Morgan fingerprint density at radius 1 is 1.00 bits per heavy atom. The van der Waals surface area contributed by atoms with E-state index in [1.165, 1.54) is 18.2 Å². The van der Waals surface area contributed by atoms with Gasteiger partial charge in [-0.05, 0) is 24.3 Å². The van der Waals surface area contributed by atoms with Crippen molar-refractivity contribution in [1.29, 1.82) is 0 Å². The van der Waals surface area contributed by atoms with Gasteiger partial charge in [-0.25, -0.2) is 9.37 Å². The van der Waals surface area contributed by atoms with E-state index in [2.05, 4.69) is 4.98 Å². The van der Waals surface area contributed by atoms with Crippen LogP contribution in [-0.4, -0.2) is 21.8 Å². The summed E-state index contributed by atoms with van der Waals surface area (Å²) in [6.45, 7) is 0. The van der Waals surface area contributed by atoms with Crippen molar-refractivity contribution in [2.24, 2.45) is 0 Å². The third kappa shape index (κ3) is 3.34. The molecule has 0 fully saturated rings. The number of halogens is 2. The van der Waals surface area contributed by atoms with Crippen molar-refractivity contribution in [3.8, 4) is 0 Å². The molecule has 0 amide bonds. The van der Waals surface area contributed by atoms with Gasteiger partial charge >= 0.3 is 10.2 Å². The van der Waals surface area contributed by atoms with Crippen molar-refractivity contribution < 1.29 is 25.1 Å². The molecule has 1 aromatic carbocycles. The van der Waals surface area contributed by atoms with Crippen molar-refractivity contribution in [2.75, 3.05) is 4.72 Å². The molecule has 2 rings (SSSR count). The molecule has 0 saturated carbocycles. The maximum atomic E-state index is 13.4. The summed E-state index contributed by atoms with van der Waals surface area (Å²) in [5, 5.41) is -0.920. The number of nitrogens with one attached hydrogen (secondary N) is 1. The molecule has 1 heterocycles. The Balaban J connectivity index is 2.51. The third-order valence-corrected chi connectivity index (χ3v) is 4.55. The van der Waals surface area contributed by atoms with Crippen LogP contribution in [0.2, 0.25) is 0 Å². The molecule has 0 bridgehead atoms. The third-order valence-electron chi connectivity index (χ3n) is 2.37. The number of rotatable bonds is 4. The molecule has 0 aliphatic heterocycles. The van der Waals surface area contributed by atoms with Gasteiger partial charge in [0.2, 0.25) is 5.03 Å². The molecule has 0 unspecified atom stereocenters. The molecule has 21 heavy (non-hydrogen) atoms. The van der Waals surface area contributed by atoms with Crippen LogP contribution in [0.3, 0.4) is 0 Å². The van der Waals surface area contributed by atoms with E-state index in [0.29, 0.717) is 0 Å². The molecular formula is C11H8F2N2O4S2. The first-order valence-corrected chi connectivity index (χ1v) is 8.25. The van der Waals surface area contributed by atoms with Crippen LogP contribution in [0.25, 0.3) is 0 Å². The highest BCUT2D eigenvalue weighted by atomic mass is 32.3. The first-order chi connectivity index (χ1) is 9.72. The highest BCUT2D eigenvalue weighted by molar-refractivity contribution is 7.92. The van der Waals surface area contributed by atoms with Gasteiger partial charge in [0.15, 0.2) is 5.82 Å². The largest absolute Gasteiger partial charge is 0.334 e. The number of anilines is 1. The first kappa shape index (κ1) is 15.3. The number of para-hydroxylation sites is 1. The summed E-state index contributed by atoms with van der Waals surface area (Å²) in [7, 11) is -9.63. The number of hydrogen-bond donors (Lipinski definition) is 1. The number of nitrogens with zero attached hydrogens (tertiary/aromatic N) is 1. The van der Waals surface area contributed by atoms with Crippen molar-refractivity contribution >= 4 is 25.9 Å². The lowest BCUT2D eigenvalue weighted by Gasteiger charge is -2.10. The second kappa shape index (κ2) is 5.37. The second-order valence-electron chi connectivity index (χ2n) is 3.83. The van der Waals surface area contributed by atoms with Gasteiger partial charge in [0.05, 0.1) is 5.69 Å². The molecule has 0 aliphatic carbocycles. The molecule has 0 saturated heterocycles. The van der Waals surface area contributed by atoms with Gasteiger partial charge in [0.25, 0.3) is 10.0 Å². The average molecular weight is 334 g/mol. The monoisotopic (exact) mass is 334 g/mol. The number of pyridine rings is 1. The number of aromatic nitrogens is 1. The smallest absolute Gasteiger partial charge is 0.277 e. The Morgan fingerprint density at radius 2 is 1.67 bits per heavy atom. The average Bonchev–Trinajstić information content (AvgIpc) is 2.38. The van der Waals surface area contributed by atoms with E-state index in [9.17, 15) is 25.1 Å². The van der Waals surface area contributed by atoms with E-state index >= 15 is 0 Å². The number of benzene rings is 1. The van der Waals surface area contributed by atoms with Gasteiger partial charge in [0.1, 0.15) is 4.90 Å². The summed E-state index contributed by atoms with van der Waals surface area (Å²) in [4.78, 5) is 2.50. The van der Waals surface area contributed by atoms with Gasteiger partial charge in [0, 0.05) is 6.20 Å². The van der Waals surface area contributed by atoms with Gasteiger partial charge in [-0.1, -0.05) is 12.1 Å². The summed E-state index contributed by atoms with van der Waals surface area (Å²) in [6.07, 6.45) is 1.05. The zero-order valence-corrected chi connectivity index (χ0v) is 11.8. The highest BCUT2D eigenvalue weighted by Crippen LogP contribution is 2.25. The molecule has 0 spiro atoms. The summed E-state index contributed by atoms with van der Waals surface area (Å²) >= 11 is 0. The predicted octanol–water partition coefficient (Wildman–Crippen LogP) is 1.68. The molecule has 0 atom stereocenters. The minimum Gasteiger partial charge on any atom is -0.277 e. The standard InChI is InChI=1S/C11H8F2N2O4S2/c12-8-4-3-7-14-11(8)21(18,19)15-9-5-1-2-6-10(9)20(13,16)17/h1-7,15H. The molecule has 6 nitrogen and oxygen atoms in total. The van der Waals surface area contributed by atoms with E-state index in [1.54, 1.807) is 4.72 Å². The van der Waals surface area contributed by atoms with E-state index in [4.69, 9.17) is 0 Å². The van der Waals surface area contributed by atoms with Crippen LogP contribution in [0.4, 0.5) is 14.0 Å². The summed E-state index contributed by atoms with van der Waals surface area (Å²) < 4.78 is 74.2. The Labute approximate surface area is 119 Å². The van der Waals surface area contributed by atoms with E-state index in [-0.39, 0.29) is 0 Å². The SMILES string of the molecule is O=S(=O)(F)c1ccccc1NS(=O)(=O)c1ncccc1F. The lowest BCUT2D eigenvalue weighted by molar-refractivity contribution is 0.552. The molecule has 0 aliphatic rings. The molecule has 2 aromatic rings. The molecular weight excluding hydrogens is 326 g/mol. The van der Waals surface area contributed by atoms with Crippen LogP contribution < -0.4 is 4.72 Å². The number of sulfonamides is 1. The molecule has 1 N–H and O–H groups in total. The van der Waals surface area contributed by atoms with Gasteiger partial charge in [-0.2, -0.15) is 16.8 Å².